The van der Waals surface area contributed by atoms with Gasteiger partial charge >= 0.3 is 6.03 Å². The van der Waals surface area contributed by atoms with Gasteiger partial charge < -0.3 is 9.73 Å². The van der Waals surface area contributed by atoms with Crippen molar-refractivity contribution >= 4 is 23.7 Å². The summed E-state index contributed by atoms with van der Waals surface area (Å²) in [5, 5.41) is 11.0. The number of amides is 3. The van der Waals surface area contributed by atoms with E-state index < -0.39 is 0 Å². The molecule has 0 atom stereocenters. The van der Waals surface area contributed by atoms with E-state index in [1.54, 1.807) is 0 Å². The number of rotatable bonds is 5. The zero-order chi connectivity index (χ0) is 16.4. The molecule has 3 amide bonds. The molecule has 0 radical (unpaired) electrons. The van der Waals surface area contributed by atoms with Crippen molar-refractivity contribution in [1.29, 1.82) is 0 Å². The average Bonchev–Trinajstić information content (AvgIpc) is 3.08. The van der Waals surface area contributed by atoms with Crippen molar-refractivity contribution in [2.24, 2.45) is 0 Å². The maximum absolute atomic E-state index is 11.5. The number of thioether (sulfide) groups is 1. The van der Waals surface area contributed by atoms with Crippen molar-refractivity contribution in [3.8, 4) is 11.5 Å². The van der Waals surface area contributed by atoms with E-state index in [4.69, 9.17) is 4.42 Å². The fourth-order valence-electron chi connectivity index (χ4n) is 2.39. The Bertz CT molecular complexity index is 723. The monoisotopic (exact) mass is 332 g/mol. The quantitative estimate of drug-likeness (QED) is 0.665. The molecule has 2 aromatic rings. The zero-order valence-electron chi connectivity index (χ0n) is 12.8. The van der Waals surface area contributed by atoms with Gasteiger partial charge in [0, 0.05) is 17.9 Å². The van der Waals surface area contributed by atoms with Gasteiger partial charge in [-0.15, -0.1) is 10.2 Å². The van der Waals surface area contributed by atoms with Crippen LogP contribution in [0.25, 0.3) is 11.5 Å². The van der Waals surface area contributed by atoms with E-state index in [0.717, 1.165) is 16.7 Å². The first kappa shape index (κ1) is 15.5. The Kier molecular flexibility index (Phi) is 4.33. The molecule has 3 rings (SSSR count). The van der Waals surface area contributed by atoms with Crippen LogP contribution in [0.15, 0.2) is 27.8 Å². The number of benzene rings is 1. The number of hydrogen-bond donors (Lipinski definition) is 1. The lowest BCUT2D eigenvalue weighted by Gasteiger charge is -2.10. The Morgan fingerprint density at radius 3 is 2.61 bits per heavy atom. The molecule has 0 spiro atoms. The van der Waals surface area contributed by atoms with E-state index in [1.165, 1.54) is 16.7 Å². The number of urea groups is 1. The van der Waals surface area contributed by atoms with Gasteiger partial charge in [-0.25, -0.2) is 4.79 Å². The van der Waals surface area contributed by atoms with Gasteiger partial charge in [0.25, 0.3) is 5.22 Å². The molecule has 120 valence electrons. The normalized spacial score (nSPS) is 14.4. The molecule has 1 aromatic heterocycles. The molecule has 1 fully saturated rings. The maximum Gasteiger partial charge on any atom is 0.324 e. The number of aryl methyl sites for hydroxylation is 2. The van der Waals surface area contributed by atoms with Crippen LogP contribution >= 0.6 is 11.8 Å². The van der Waals surface area contributed by atoms with Crippen LogP contribution in [0.3, 0.4) is 0 Å². The van der Waals surface area contributed by atoms with E-state index in [9.17, 15) is 9.59 Å². The number of nitrogens with zero attached hydrogens (tertiary/aromatic N) is 3. The van der Waals surface area contributed by atoms with E-state index in [1.807, 2.05) is 26.0 Å². The Balaban J connectivity index is 1.61. The fourth-order valence-corrected chi connectivity index (χ4v) is 3.07. The smallest absolute Gasteiger partial charge is 0.324 e. The second-order valence-electron chi connectivity index (χ2n) is 5.30. The Hall–Kier alpha value is -2.35. The van der Waals surface area contributed by atoms with Crippen molar-refractivity contribution in [2.45, 2.75) is 19.1 Å². The Labute approximate surface area is 137 Å². The van der Waals surface area contributed by atoms with E-state index in [2.05, 4.69) is 21.6 Å². The van der Waals surface area contributed by atoms with Gasteiger partial charge in [-0.05, 0) is 26.0 Å². The molecule has 1 aliphatic rings. The highest BCUT2D eigenvalue weighted by Crippen LogP contribution is 2.25. The van der Waals surface area contributed by atoms with Crippen LogP contribution in [0.2, 0.25) is 0 Å². The van der Waals surface area contributed by atoms with Crippen LogP contribution < -0.4 is 5.32 Å². The molecule has 0 saturated carbocycles. The summed E-state index contributed by atoms with van der Waals surface area (Å²) in [6, 6.07) is 5.70. The van der Waals surface area contributed by atoms with Crippen molar-refractivity contribution in [3.63, 3.8) is 0 Å². The lowest BCUT2D eigenvalue weighted by molar-refractivity contribution is -0.124. The summed E-state index contributed by atoms with van der Waals surface area (Å²) in [5.41, 5.74) is 3.15. The van der Waals surface area contributed by atoms with Crippen LogP contribution in [0.5, 0.6) is 0 Å². The number of hydrogen-bond acceptors (Lipinski definition) is 6. The summed E-state index contributed by atoms with van der Waals surface area (Å²) in [5.74, 6) is 0.763. The lowest BCUT2D eigenvalue weighted by atomic mass is 10.1. The van der Waals surface area contributed by atoms with Crippen LogP contribution in [0.4, 0.5) is 4.79 Å². The van der Waals surface area contributed by atoms with Crippen LogP contribution in [0.1, 0.15) is 11.1 Å². The van der Waals surface area contributed by atoms with Gasteiger partial charge in [-0.1, -0.05) is 29.0 Å². The van der Waals surface area contributed by atoms with Gasteiger partial charge in [0.15, 0.2) is 0 Å². The van der Waals surface area contributed by atoms with Crippen molar-refractivity contribution in [2.75, 3.05) is 18.8 Å². The first-order chi connectivity index (χ1) is 11.0. The number of carbonyl (C=O) groups is 2. The minimum atomic E-state index is -0.350. The van der Waals surface area contributed by atoms with E-state index >= 15 is 0 Å². The number of imide groups is 1. The highest BCUT2D eigenvalue weighted by atomic mass is 32.2. The molecule has 7 nitrogen and oxygen atoms in total. The lowest BCUT2D eigenvalue weighted by Crippen LogP contribution is -2.32. The predicted octanol–water partition coefficient (Wildman–Crippen LogP) is 2.00. The summed E-state index contributed by atoms with van der Waals surface area (Å²) in [6.45, 7) is 4.42. The molecule has 2 heterocycles. The molecule has 0 bridgehead atoms. The van der Waals surface area contributed by atoms with Crippen molar-refractivity contribution in [3.05, 3.63) is 29.3 Å². The van der Waals surface area contributed by atoms with Crippen molar-refractivity contribution in [1.82, 2.24) is 20.4 Å². The first-order valence-electron chi connectivity index (χ1n) is 7.16. The maximum atomic E-state index is 11.5. The third kappa shape index (κ3) is 3.53. The molecule has 1 saturated heterocycles. The summed E-state index contributed by atoms with van der Waals surface area (Å²) in [7, 11) is 0. The Morgan fingerprint density at radius 2 is 1.96 bits per heavy atom. The Morgan fingerprint density at radius 1 is 1.22 bits per heavy atom. The van der Waals surface area contributed by atoms with Gasteiger partial charge in [0.2, 0.25) is 11.8 Å². The topological polar surface area (TPSA) is 88.3 Å². The molecule has 1 aliphatic heterocycles. The molecule has 1 aromatic carbocycles. The minimum absolute atomic E-state index is 0.0704. The standard InChI is InChI=1S/C15H16N4O3S/c1-9-5-10(2)7-11(6-9)13-17-18-15(22-13)23-4-3-19-12(20)8-16-14(19)21/h5-7H,3-4,8H2,1-2H3,(H,16,21). The third-order valence-corrected chi connectivity index (χ3v) is 4.15. The van der Waals surface area contributed by atoms with E-state index in [-0.39, 0.29) is 18.5 Å². The predicted molar refractivity (Wildman–Crippen MR) is 85.0 cm³/mol. The molecule has 1 N–H and O–H groups in total. The molecular weight excluding hydrogens is 316 g/mol. The molecular formula is C15H16N4O3S. The van der Waals surface area contributed by atoms with Gasteiger partial charge in [-0.2, -0.15) is 0 Å². The summed E-state index contributed by atoms with van der Waals surface area (Å²) in [4.78, 5) is 24.1. The summed E-state index contributed by atoms with van der Waals surface area (Å²) < 4.78 is 5.63. The largest absolute Gasteiger partial charge is 0.411 e. The van der Waals surface area contributed by atoms with Crippen LogP contribution in [0, 0.1) is 13.8 Å². The summed E-state index contributed by atoms with van der Waals surface area (Å²) in [6.07, 6.45) is 0. The van der Waals surface area contributed by atoms with E-state index in [0.29, 0.717) is 23.4 Å². The van der Waals surface area contributed by atoms with Crippen LogP contribution in [-0.2, 0) is 4.79 Å². The number of aromatic nitrogens is 2. The summed E-state index contributed by atoms with van der Waals surface area (Å²) >= 11 is 1.32. The fraction of sp³-hybridized carbons (Fsp3) is 0.333. The second-order valence-corrected chi connectivity index (χ2v) is 6.35. The van der Waals surface area contributed by atoms with Crippen LogP contribution in [-0.4, -0.2) is 45.9 Å². The van der Waals surface area contributed by atoms with Gasteiger partial charge in [0.1, 0.15) is 0 Å². The first-order valence-corrected chi connectivity index (χ1v) is 8.14. The zero-order valence-corrected chi connectivity index (χ0v) is 13.6. The highest BCUT2D eigenvalue weighted by Gasteiger charge is 2.27. The number of carbonyl (C=O) groups excluding carboxylic acids is 2. The molecule has 23 heavy (non-hydrogen) atoms. The van der Waals surface area contributed by atoms with Gasteiger partial charge in [0.05, 0.1) is 6.54 Å². The average molecular weight is 332 g/mol. The highest BCUT2D eigenvalue weighted by molar-refractivity contribution is 7.99. The second kappa shape index (κ2) is 6.41. The molecule has 8 heteroatoms. The van der Waals surface area contributed by atoms with Gasteiger partial charge in [-0.3, -0.25) is 9.69 Å². The minimum Gasteiger partial charge on any atom is -0.411 e. The molecule has 0 unspecified atom stereocenters. The van der Waals surface area contributed by atoms with Crippen molar-refractivity contribution < 1.29 is 14.0 Å². The SMILES string of the molecule is Cc1cc(C)cc(-c2nnc(SCCN3C(=O)CNC3=O)o2)c1. The third-order valence-electron chi connectivity index (χ3n) is 3.35. The number of nitrogens with one attached hydrogen (secondary N) is 1. The molecule has 0 aliphatic carbocycles.